The number of aliphatic carboxylic acids is 1. The van der Waals surface area contributed by atoms with E-state index in [-0.39, 0.29) is 16.2 Å². The quantitative estimate of drug-likeness (QED) is 0.693. The van der Waals surface area contributed by atoms with Gasteiger partial charge in [0.05, 0.1) is 27.5 Å². The molecule has 0 bridgehead atoms. The minimum Gasteiger partial charge on any atom is -0.475 e. The molecular weight excluding hydrogens is 385 g/mol. The van der Waals surface area contributed by atoms with E-state index in [4.69, 9.17) is 9.90 Å². The molecule has 0 aromatic carbocycles. The average molecular weight is 410 g/mol. The van der Waals surface area contributed by atoms with Crippen molar-refractivity contribution in [3.8, 4) is 0 Å². The maximum absolute atomic E-state index is 12.5. The Morgan fingerprint density at radius 3 is 2.41 bits per heavy atom. The summed E-state index contributed by atoms with van der Waals surface area (Å²) in [6, 6.07) is 2.21. The van der Waals surface area contributed by atoms with Gasteiger partial charge in [-0.3, -0.25) is 4.68 Å². The van der Waals surface area contributed by atoms with Gasteiger partial charge in [-0.1, -0.05) is 0 Å². The number of nitrogens with one attached hydrogen (secondary N) is 2. The largest absolute Gasteiger partial charge is 0.490 e. The first-order chi connectivity index (χ1) is 12.4. The highest BCUT2D eigenvalue weighted by Crippen LogP contribution is 2.48. The second kappa shape index (κ2) is 7.88. The van der Waals surface area contributed by atoms with Gasteiger partial charge in [0.15, 0.2) is 0 Å². The summed E-state index contributed by atoms with van der Waals surface area (Å²) in [5.41, 5.74) is 1.35. The number of carboxylic acid groups (broad SMARTS) is 1. The molecule has 1 aromatic heterocycles. The second-order valence-corrected chi connectivity index (χ2v) is 9.76. The molecule has 2 atom stereocenters. The van der Waals surface area contributed by atoms with E-state index in [1.165, 1.54) is 5.69 Å². The van der Waals surface area contributed by atoms with Crippen LogP contribution in [0.5, 0.6) is 0 Å². The van der Waals surface area contributed by atoms with Crippen LogP contribution in [0.15, 0.2) is 12.3 Å². The second-order valence-electron chi connectivity index (χ2n) is 7.76. The Labute approximate surface area is 158 Å². The van der Waals surface area contributed by atoms with Crippen LogP contribution in [0.3, 0.4) is 0 Å². The lowest BCUT2D eigenvalue weighted by molar-refractivity contribution is -0.192. The molecule has 1 fully saturated rings. The molecule has 1 saturated heterocycles. The Kier molecular flexibility index (Phi) is 6.37. The van der Waals surface area contributed by atoms with Crippen LogP contribution in [0, 0.1) is 5.41 Å². The highest BCUT2D eigenvalue weighted by Gasteiger charge is 2.48. The first kappa shape index (κ1) is 21.8. The zero-order valence-electron chi connectivity index (χ0n) is 15.5. The predicted octanol–water partition coefficient (Wildman–Crippen LogP) is 1.99. The van der Waals surface area contributed by atoms with Crippen LogP contribution in [-0.4, -0.2) is 49.1 Å². The molecule has 2 aliphatic rings. The number of alkyl halides is 3. The fraction of sp³-hybridized carbons (Fsp3) is 0.750. The van der Waals surface area contributed by atoms with Gasteiger partial charge < -0.3 is 10.4 Å². The van der Waals surface area contributed by atoms with E-state index in [1.54, 1.807) is 0 Å². The Bertz CT molecular complexity index is 694. The highest BCUT2D eigenvalue weighted by molar-refractivity contribution is 7.84. The first-order valence-electron chi connectivity index (χ1n) is 8.57. The number of aromatic nitrogens is 2. The molecule has 0 saturated carbocycles. The molecule has 154 valence electrons. The van der Waals surface area contributed by atoms with E-state index in [1.807, 2.05) is 27.0 Å². The van der Waals surface area contributed by atoms with Gasteiger partial charge in [0, 0.05) is 18.2 Å². The van der Waals surface area contributed by atoms with Crippen molar-refractivity contribution in [2.75, 3.05) is 13.1 Å². The molecule has 2 aliphatic heterocycles. The Morgan fingerprint density at radius 1 is 1.37 bits per heavy atom. The standard InChI is InChI=1S/C14H24N4OS.C2HF3O2/c1-13(2,3)20(19)17-12-11-4-7-16-18(11)10-14(12)5-8-15-9-6-14;3-2(4,5)1(6)7/h4,7,12,15,17H,5-6,8-10H2,1-3H3;(H,6,7)/t12-,20-;/m1./s1. The first-order valence-corrected chi connectivity index (χ1v) is 9.72. The molecule has 11 heteroatoms. The maximum atomic E-state index is 12.5. The van der Waals surface area contributed by atoms with Crippen LogP contribution < -0.4 is 10.0 Å². The topological polar surface area (TPSA) is 96.3 Å². The van der Waals surface area contributed by atoms with Gasteiger partial charge in [-0.2, -0.15) is 18.3 Å². The van der Waals surface area contributed by atoms with Crippen molar-refractivity contribution in [1.29, 1.82) is 0 Å². The number of hydrogen-bond acceptors (Lipinski definition) is 4. The predicted molar refractivity (Wildman–Crippen MR) is 94.2 cm³/mol. The van der Waals surface area contributed by atoms with Crippen molar-refractivity contribution >= 4 is 17.0 Å². The van der Waals surface area contributed by atoms with Gasteiger partial charge in [-0.15, -0.1) is 0 Å². The van der Waals surface area contributed by atoms with Crippen LogP contribution in [0.4, 0.5) is 13.2 Å². The van der Waals surface area contributed by atoms with Crippen LogP contribution >= 0.6 is 0 Å². The Balaban J connectivity index is 0.000000321. The molecule has 1 spiro atoms. The van der Waals surface area contributed by atoms with Crippen molar-refractivity contribution in [2.45, 2.75) is 57.1 Å². The molecule has 7 nitrogen and oxygen atoms in total. The fourth-order valence-corrected chi connectivity index (χ4v) is 4.20. The summed E-state index contributed by atoms with van der Waals surface area (Å²) in [4.78, 5) is 8.90. The third-order valence-corrected chi connectivity index (χ3v) is 6.31. The monoisotopic (exact) mass is 410 g/mol. The molecule has 0 unspecified atom stereocenters. The van der Waals surface area contributed by atoms with E-state index < -0.39 is 23.1 Å². The molecule has 0 amide bonds. The lowest BCUT2D eigenvalue weighted by atomic mass is 9.74. The minimum atomic E-state index is -5.08. The number of hydrogen-bond donors (Lipinski definition) is 3. The lowest BCUT2D eigenvalue weighted by Gasteiger charge is -2.39. The molecule has 0 aliphatic carbocycles. The highest BCUT2D eigenvalue weighted by atomic mass is 32.2. The maximum Gasteiger partial charge on any atom is 0.490 e. The van der Waals surface area contributed by atoms with Crippen LogP contribution in [0.2, 0.25) is 0 Å². The molecule has 27 heavy (non-hydrogen) atoms. The van der Waals surface area contributed by atoms with E-state index in [0.29, 0.717) is 0 Å². The van der Waals surface area contributed by atoms with Crippen molar-refractivity contribution in [3.63, 3.8) is 0 Å². The summed E-state index contributed by atoms with van der Waals surface area (Å²) in [5, 5.41) is 15.0. The number of piperidine rings is 1. The third-order valence-electron chi connectivity index (χ3n) is 4.75. The van der Waals surface area contributed by atoms with Crippen molar-refractivity contribution in [3.05, 3.63) is 18.0 Å². The van der Waals surface area contributed by atoms with Gasteiger partial charge in [0.25, 0.3) is 0 Å². The minimum absolute atomic E-state index is 0.146. The van der Waals surface area contributed by atoms with E-state index in [9.17, 15) is 17.4 Å². The summed E-state index contributed by atoms with van der Waals surface area (Å²) in [6.45, 7) is 9.04. The van der Waals surface area contributed by atoms with Crippen LogP contribution in [0.25, 0.3) is 0 Å². The number of fused-ring (bicyclic) bond motifs is 1. The van der Waals surface area contributed by atoms with Gasteiger partial charge in [0.2, 0.25) is 0 Å². The number of carboxylic acids is 1. The van der Waals surface area contributed by atoms with E-state index in [2.05, 4.69) is 25.9 Å². The van der Waals surface area contributed by atoms with Crippen molar-refractivity contribution in [2.24, 2.45) is 5.41 Å². The molecule has 3 rings (SSSR count). The third kappa shape index (κ3) is 5.08. The van der Waals surface area contributed by atoms with Gasteiger partial charge in [-0.05, 0) is 52.8 Å². The van der Waals surface area contributed by atoms with Gasteiger partial charge >= 0.3 is 12.1 Å². The summed E-state index contributed by atoms with van der Waals surface area (Å²) in [7, 11) is -1.06. The van der Waals surface area contributed by atoms with Crippen molar-refractivity contribution in [1.82, 2.24) is 19.8 Å². The van der Waals surface area contributed by atoms with Crippen LogP contribution in [-0.2, 0) is 22.3 Å². The van der Waals surface area contributed by atoms with Crippen molar-refractivity contribution < 1.29 is 27.3 Å². The number of halogens is 3. The SMILES string of the molecule is CC(C)(C)[S@@](=O)N[C@@H]1c2ccnn2CC12CCNCC2.O=C(O)C(F)(F)F. The molecule has 1 aromatic rings. The Hall–Kier alpha value is -1.46. The van der Waals surface area contributed by atoms with Crippen LogP contribution in [0.1, 0.15) is 45.3 Å². The molecular formula is C16H25F3N4O3S. The summed E-state index contributed by atoms with van der Waals surface area (Å²) in [5.74, 6) is -2.76. The number of nitrogens with zero attached hydrogens (tertiary/aromatic N) is 2. The molecule has 0 radical (unpaired) electrons. The Morgan fingerprint density at radius 2 is 1.93 bits per heavy atom. The van der Waals surface area contributed by atoms with E-state index >= 15 is 0 Å². The zero-order valence-corrected chi connectivity index (χ0v) is 16.3. The zero-order chi connectivity index (χ0) is 20.5. The lowest BCUT2D eigenvalue weighted by Crippen LogP contribution is -2.46. The van der Waals surface area contributed by atoms with Gasteiger partial charge in [0.1, 0.15) is 0 Å². The molecule has 3 N–H and O–H groups in total. The van der Waals surface area contributed by atoms with Gasteiger partial charge in [-0.25, -0.2) is 13.7 Å². The normalized spacial score (nSPS) is 22.7. The number of rotatable bonds is 2. The summed E-state index contributed by atoms with van der Waals surface area (Å²) < 4.78 is 49.5. The smallest absolute Gasteiger partial charge is 0.475 e. The molecule has 3 heterocycles. The number of carbonyl (C=O) groups is 1. The summed E-state index contributed by atoms with van der Waals surface area (Å²) >= 11 is 0. The average Bonchev–Trinajstić information content (AvgIpc) is 3.08. The summed E-state index contributed by atoms with van der Waals surface area (Å²) in [6.07, 6.45) is -1.03. The fourth-order valence-electron chi connectivity index (χ4n) is 3.26. The van der Waals surface area contributed by atoms with E-state index in [0.717, 1.165) is 32.5 Å².